The van der Waals surface area contributed by atoms with Gasteiger partial charge in [0.25, 0.3) is 5.91 Å². The molecule has 0 spiro atoms. The van der Waals surface area contributed by atoms with Gasteiger partial charge in [-0.15, -0.1) is 0 Å². The molecule has 3 atom stereocenters. The van der Waals surface area contributed by atoms with Crippen LogP contribution in [0.25, 0.3) is 0 Å². The first kappa shape index (κ1) is 39.1. The molecule has 0 radical (unpaired) electrons. The number of carboxylic acid groups (broad SMARTS) is 1. The highest BCUT2D eigenvalue weighted by molar-refractivity contribution is 5.96. The van der Waals surface area contributed by atoms with Crippen LogP contribution in [0.2, 0.25) is 0 Å². The summed E-state index contributed by atoms with van der Waals surface area (Å²) in [5.41, 5.74) is 8.75. The summed E-state index contributed by atoms with van der Waals surface area (Å²) in [7, 11) is 2.13. The van der Waals surface area contributed by atoms with E-state index < -0.39 is 30.1 Å². The maximum Gasteiger partial charge on any atom is 0.430 e. The summed E-state index contributed by atoms with van der Waals surface area (Å²) in [4.78, 5) is 49.8. The molecule has 0 bridgehead atoms. The smallest absolute Gasteiger partial charge is 0.430 e. The second kappa shape index (κ2) is 16.9. The third kappa shape index (κ3) is 11.7. The fourth-order valence-corrected chi connectivity index (χ4v) is 5.80. The van der Waals surface area contributed by atoms with Gasteiger partial charge >= 0.3 is 12.2 Å². The molecule has 3 aromatic carbocycles. The number of nitrogens with zero attached hydrogens (tertiary/aromatic N) is 2. The van der Waals surface area contributed by atoms with Gasteiger partial charge in [0.05, 0.1) is 26.2 Å². The summed E-state index contributed by atoms with van der Waals surface area (Å²) in [5, 5.41) is 34.0. The van der Waals surface area contributed by atoms with Crippen molar-refractivity contribution in [1.29, 1.82) is 0 Å². The maximum absolute atomic E-state index is 14.0. The minimum Gasteiger partial charge on any atom is -0.542 e. The number of benzene rings is 3. The zero-order valence-corrected chi connectivity index (χ0v) is 27.9. The first-order valence-corrected chi connectivity index (χ1v) is 15.8. The number of nitrogens with one attached hydrogen (secondary N) is 2. The number of halogens is 3. The summed E-state index contributed by atoms with van der Waals surface area (Å²) < 4.78 is 32.2. The number of carboxylic acids is 1. The Morgan fingerprint density at radius 2 is 1.46 bits per heavy atom. The number of rotatable bonds is 10. The summed E-state index contributed by atoms with van der Waals surface area (Å²) in [5.74, 6) is -3.52. The molecule has 6 N–H and O–H groups in total. The highest BCUT2D eigenvalue weighted by Gasteiger charge is 2.41. The number of phenols is 2. The van der Waals surface area contributed by atoms with Gasteiger partial charge in [-0.25, -0.2) is 4.79 Å². The molecule has 1 fully saturated rings. The molecular weight excluding hydrogens is 659 g/mol. The van der Waals surface area contributed by atoms with Gasteiger partial charge < -0.3 is 45.9 Å². The number of hydrogen-bond acceptors (Lipinski definition) is 7. The van der Waals surface area contributed by atoms with Crippen LogP contribution in [-0.2, 0) is 22.6 Å². The van der Waals surface area contributed by atoms with E-state index in [1.54, 1.807) is 65.6 Å². The quantitative estimate of drug-likeness (QED) is 0.201. The van der Waals surface area contributed by atoms with E-state index in [0.29, 0.717) is 35.2 Å². The van der Waals surface area contributed by atoms with E-state index in [2.05, 4.69) is 17.7 Å². The first-order valence-electron chi connectivity index (χ1n) is 15.8. The van der Waals surface area contributed by atoms with Gasteiger partial charge in [0, 0.05) is 29.3 Å². The molecule has 50 heavy (non-hydrogen) atoms. The fraction of sp³-hybridized carbons (Fsp3) is 0.371. The summed E-state index contributed by atoms with van der Waals surface area (Å²) in [6.07, 6.45) is -3.46. The van der Waals surface area contributed by atoms with Crippen LogP contribution < -0.4 is 21.5 Å². The molecule has 4 amide bonds. The van der Waals surface area contributed by atoms with Crippen LogP contribution in [0.15, 0.2) is 72.8 Å². The van der Waals surface area contributed by atoms with Crippen molar-refractivity contribution < 1.29 is 52.2 Å². The maximum atomic E-state index is 14.0. The molecule has 3 aromatic rings. The van der Waals surface area contributed by atoms with Crippen molar-refractivity contribution in [3.05, 3.63) is 89.5 Å². The standard InChI is InChI=1S/C33H41N5O5.C2HF3O2/c1-22(2)35-32(42)25-10-12-26(13-11-25)36-33(43)37(30(31(34)41)19-23-6-14-28(39)15-7-23)27-5-4-18-38(3,21-27)20-24-8-16-29(40)17-9-24;3-2(4,5)1(6)7/h6-17,22,27,30H,4-5,18-21H2,1-3H3,(H5-,34,35,36,39,40,41,42,43);(H,6,7)/t27-,30+,38?;/m1./s1. The Hall–Kier alpha value is -5.31. The lowest BCUT2D eigenvalue weighted by molar-refractivity contribution is -0.928. The van der Waals surface area contributed by atoms with Crippen LogP contribution in [0.4, 0.5) is 23.7 Å². The number of alkyl halides is 3. The van der Waals surface area contributed by atoms with E-state index in [0.717, 1.165) is 24.1 Å². The predicted octanol–water partition coefficient (Wildman–Crippen LogP) is 3.27. The highest BCUT2D eigenvalue weighted by Crippen LogP contribution is 2.28. The van der Waals surface area contributed by atoms with Gasteiger partial charge in [0.1, 0.15) is 30.1 Å². The van der Waals surface area contributed by atoms with Crippen LogP contribution in [0.3, 0.4) is 0 Å². The second-order valence-corrected chi connectivity index (χ2v) is 12.8. The van der Waals surface area contributed by atoms with Crippen molar-refractivity contribution in [3.63, 3.8) is 0 Å². The third-order valence-electron chi connectivity index (χ3n) is 8.09. The van der Waals surface area contributed by atoms with Crippen molar-refractivity contribution in [3.8, 4) is 11.5 Å². The van der Waals surface area contributed by atoms with Crippen molar-refractivity contribution in [2.45, 2.75) is 64.0 Å². The SMILES string of the molecule is CC(C)NC(=O)c1ccc(NC(=O)N([C@@H]2CCC[N+](C)(Cc3ccc(O)cc3)C2)[C@@H](Cc2ccc(O)cc2)C(N)=O)cc1.O=C([O-])C(F)(F)F. The number of nitrogens with two attached hydrogens (primary N) is 1. The fourth-order valence-electron chi connectivity index (χ4n) is 5.80. The number of anilines is 1. The Bertz CT molecular complexity index is 1620. The van der Waals surface area contributed by atoms with Gasteiger partial charge in [0.2, 0.25) is 5.91 Å². The molecule has 1 aliphatic heterocycles. The molecular formula is C35H42F3N5O7. The molecule has 0 aliphatic carbocycles. The van der Waals surface area contributed by atoms with Gasteiger partial charge in [-0.2, -0.15) is 13.2 Å². The zero-order chi connectivity index (χ0) is 37.2. The molecule has 270 valence electrons. The number of piperidine rings is 1. The topological polar surface area (TPSA) is 185 Å². The van der Waals surface area contributed by atoms with E-state index in [4.69, 9.17) is 15.6 Å². The van der Waals surface area contributed by atoms with Gasteiger partial charge in [-0.3, -0.25) is 9.59 Å². The average Bonchev–Trinajstić information content (AvgIpc) is 3.02. The van der Waals surface area contributed by atoms with Crippen LogP contribution in [0.5, 0.6) is 11.5 Å². The molecule has 0 saturated carbocycles. The molecule has 1 heterocycles. The molecule has 4 rings (SSSR count). The largest absolute Gasteiger partial charge is 0.542 e. The normalized spacial score (nSPS) is 17.9. The monoisotopic (exact) mass is 701 g/mol. The van der Waals surface area contributed by atoms with Crippen LogP contribution in [0, 0.1) is 0 Å². The Morgan fingerprint density at radius 3 is 1.94 bits per heavy atom. The summed E-state index contributed by atoms with van der Waals surface area (Å²) >= 11 is 0. The first-order chi connectivity index (χ1) is 23.4. The second-order valence-electron chi connectivity index (χ2n) is 12.8. The number of amides is 4. The summed E-state index contributed by atoms with van der Waals surface area (Å²) in [6.45, 7) is 5.96. The predicted molar refractivity (Wildman–Crippen MR) is 177 cm³/mol. The zero-order valence-electron chi connectivity index (χ0n) is 27.9. The molecule has 12 nitrogen and oxygen atoms in total. The van der Waals surface area contributed by atoms with Crippen molar-refractivity contribution in [2.24, 2.45) is 5.73 Å². The van der Waals surface area contributed by atoms with Gasteiger partial charge in [-0.05, 0) is 92.9 Å². The number of carbonyl (C=O) groups excluding carboxylic acids is 4. The van der Waals surface area contributed by atoms with Crippen LogP contribution >= 0.6 is 0 Å². The van der Waals surface area contributed by atoms with Crippen molar-refractivity contribution in [2.75, 3.05) is 25.5 Å². The molecule has 1 aliphatic rings. The van der Waals surface area contributed by atoms with Gasteiger partial charge in [0.15, 0.2) is 0 Å². The molecule has 15 heteroatoms. The number of urea groups is 1. The van der Waals surface area contributed by atoms with Crippen molar-refractivity contribution in [1.82, 2.24) is 10.2 Å². The van der Waals surface area contributed by atoms with E-state index in [9.17, 15) is 37.8 Å². The Balaban J connectivity index is 0.000000872. The van der Waals surface area contributed by atoms with Crippen LogP contribution in [0.1, 0.15) is 48.2 Å². The number of aromatic hydroxyl groups is 2. The lowest BCUT2D eigenvalue weighted by atomic mass is 9.96. The third-order valence-corrected chi connectivity index (χ3v) is 8.09. The number of hydrogen-bond donors (Lipinski definition) is 5. The number of quaternary nitrogens is 1. The van der Waals surface area contributed by atoms with Crippen molar-refractivity contribution >= 4 is 29.5 Å². The number of likely N-dealkylation sites (tertiary alicyclic amines) is 1. The Labute approximate surface area is 287 Å². The lowest BCUT2D eigenvalue weighted by Crippen LogP contribution is -2.62. The minimum absolute atomic E-state index is 0.00614. The van der Waals surface area contributed by atoms with E-state index in [1.807, 2.05) is 26.0 Å². The molecule has 1 unspecified atom stereocenters. The van der Waals surface area contributed by atoms with Crippen LogP contribution in [-0.4, -0.2) is 87.8 Å². The highest BCUT2D eigenvalue weighted by atomic mass is 19.4. The number of phenolic OH excluding ortho intramolecular Hbond substituents is 2. The minimum atomic E-state index is -5.19. The number of likely N-dealkylation sites (N-methyl/N-ethyl adjacent to an activating group) is 1. The summed E-state index contributed by atoms with van der Waals surface area (Å²) in [6, 6.07) is 18.6. The van der Waals surface area contributed by atoms with E-state index in [-0.39, 0.29) is 35.9 Å². The molecule has 1 saturated heterocycles. The van der Waals surface area contributed by atoms with E-state index in [1.165, 1.54) is 0 Å². The number of aliphatic carboxylic acids is 1. The Kier molecular flexibility index (Phi) is 13.2. The van der Waals surface area contributed by atoms with Gasteiger partial charge in [-0.1, -0.05) is 12.1 Å². The lowest BCUT2D eigenvalue weighted by Gasteiger charge is -2.46. The number of primary amides is 1. The molecule has 0 aromatic heterocycles. The number of carbonyl (C=O) groups is 4. The Morgan fingerprint density at radius 1 is 0.940 bits per heavy atom. The average molecular weight is 702 g/mol. The van der Waals surface area contributed by atoms with E-state index >= 15 is 0 Å².